The standard InChI is InChI=1S/C12H18BrN3O2/c1-16(7-9-4-3-5-18-8-9)12-14-6-10(13)11(15-12)17-2/h6,9H,3-5,7-8H2,1-2H3. The van der Waals surface area contributed by atoms with Crippen LogP contribution < -0.4 is 9.64 Å². The van der Waals surface area contributed by atoms with Gasteiger partial charge in [-0.3, -0.25) is 0 Å². The van der Waals surface area contributed by atoms with Crippen molar-refractivity contribution >= 4 is 21.9 Å². The maximum absolute atomic E-state index is 5.48. The monoisotopic (exact) mass is 315 g/mol. The van der Waals surface area contributed by atoms with Crippen LogP contribution in [0, 0.1) is 5.92 Å². The van der Waals surface area contributed by atoms with Crippen molar-refractivity contribution < 1.29 is 9.47 Å². The van der Waals surface area contributed by atoms with Gasteiger partial charge in [-0.05, 0) is 34.7 Å². The normalized spacial score (nSPS) is 19.6. The van der Waals surface area contributed by atoms with Crippen LogP contribution in [0.15, 0.2) is 10.7 Å². The summed E-state index contributed by atoms with van der Waals surface area (Å²) in [6, 6.07) is 0. The Labute approximate surface area is 116 Å². The highest BCUT2D eigenvalue weighted by molar-refractivity contribution is 9.10. The van der Waals surface area contributed by atoms with Crippen molar-refractivity contribution in [3.63, 3.8) is 0 Å². The maximum atomic E-state index is 5.48. The van der Waals surface area contributed by atoms with E-state index < -0.39 is 0 Å². The van der Waals surface area contributed by atoms with E-state index in [1.165, 1.54) is 6.42 Å². The van der Waals surface area contributed by atoms with Crippen LogP contribution in [-0.2, 0) is 4.74 Å². The van der Waals surface area contributed by atoms with E-state index in [1.807, 2.05) is 11.9 Å². The van der Waals surface area contributed by atoms with Crippen LogP contribution in [0.25, 0.3) is 0 Å². The van der Waals surface area contributed by atoms with E-state index in [9.17, 15) is 0 Å². The number of anilines is 1. The number of methoxy groups -OCH3 is 1. The second-order valence-electron chi connectivity index (χ2n) is 4.49. The van der Waals surface area contributed by atoms with Gasteiger partial charge in [0.25, 0.3) is 0 Å². The van der Waals surface area contributed by atoms with Crippen LogP contribution in [-0.4, -0.2) is 43.9 Å². The van der Waals surface area contributed by atoms with Crippen molar-refractivity contribution in [3.8, 4) is 5.88 Å². The summed E-state index contributed by atoms with van der Waals surface area (Å²) in [5.74, 6) is 1.80. The molecule has 0 aliphatic carbocycles. The lowest BCUT2D eigenvalue weighted by Crippen LogP contribution is -2.31. The molecule has 0 spiro atoms. The van der Waals surface area contributed by atoms with Crippen LogP contribution in [0.2, 0.25) is 0 Å². The Bertz CT molecular complexity index is 397. The highest BCUT2D eigenvalue weighted by atomic mass is 79.9. The summed E-state index contributed by atoms with van der Waals surface area (Å²) >= 11 is 3.35. The summed E-state index contributed by atoms with van der Waals surface area (Å²) in [5, 5.41) is 0. The van der Waals surface area contributed by atoms with Crippen molar-refractivity contribution in [2.24, 2.45) is 5.92 Å². The second-order valence-corrected chi connectivity index (χ2v) is 5.35. The largest absolute Gasteiger partial charge is 0.480 e. The molecule has 2 rings (SSSR count). The highest BCUT2D eigenvalue weighted by Gasteiger charge is 2.18. The molecule has 1 fully saturated rings. The molecule has 100 valence electrons. The van der Waals surface area contributed by atoms with Gasteiger partial charge in [-0.25, -0.2) is 4.98 Å². The summed E-state index contributed by atoms with van der Waals surface area (Å²) in [5.41, 5.74) is 0. The molecule has 1 aromatic heterocycles. The summed E-state index contributed by atoms with van der Waals surface area (Å²) in [4.78, 5) is 10.7. The maximum Gasteiger partial charge on any atom is 0.232 e. The molecule has 6 heteroatoms. The molecule has 1 aliphatic rings. The van der Waals surface area contributed by atoms with Crippen molar-refractivity contribution in [2.75, 3.05) is 38.8 Å². The average Bonchev–Trinajstić information content (AvgIpc) is 2.40. The molecule has 0 saturated carbocycles. The number of halogens is 1. The van der Waals surface area contributed by atoms with E-state index in [0.29, 0.717) is 17.7 Å². The second kappa shape index (κ2) is 6.33. The average molecular weight is 316 g/mol. The lowest BCUT2D eigenvalue weighted by Gasteiger charge is -2.27. The first-order chi connectivity index (χ1) is 8.70. The fraction of sp³-hybridized carbons (Fsp3) is 0.667. The number of hydrogen-bond donors (Lipinski definition) is 0. The fourth-order valence-electron chi connectivity index (χ4n) is 2.09. The highest BCUT2D eigenvalue weighted by Crippen LogP contribution is 2.24. The summed E-state index contributed by atoms with van der Waals surface area (Å²) in [7, 11) is 3.60. The first-order valence-corrected chi connectivity index (χ1v) is 6.85. The molecule has 1 saturated heterocycles. The van der Waals surface area contributed by atoms with Crippen LogP contribution in [0.5, 0.6) is 5.88 Å². The first-order valence-electron chi connectivity index (χ1n) is 6.06. The van der Waals surface area contributed by atoms with Crippen LogP contribution >= 0.6 is 15.9 Å². The third kappa shape index (κ3) is 3.32. The van der Waals surface area contributed by atoms with Gasteiger partial charge in [0, 0.05) is 20.2 Å². The molecule has 0 radical (unpaired) electrons. The minimum atomic E-state index is 0.557. The predicted molar refractivity (Wildman–Crippen MR) is 73.1 cm³/mol. The first kappa shape index (κ1) is 13.5. The fourth-order valence-corrected chi connectivity index (χ4v) is 2.44. The van der Waals surface area contributed by atoms with Crippen LogP contribution in [0.1, 0.15) is 12.8 Å². The molecule has 0 bridgehead atoms. The minimum Gasteiger partial charge on any atom is -0.480 e. The SMILES string of the molecule is COc1nc(N(C)CC2CCCOC2)ncc1Br. The van der Waals surface area contributed by atoms with E-state index >= 15 is 0 Å². The Balaban J connectivity index is 2.01. The van der Waals surface area contributed by atoms with Crippen LogP contribution in [0.3, 0.4) is 0 Å². The van der Waals surface area contributed by atoms with Gasteiger partial charge in [0.1, 0.15) is 0 Å². The molecule has 0 aromatic carbocycles. The molecular weight excluding hydrogens is 298 g/mol. The Morgan fingerprint density at radius 1 is 1.61 bits per heavy atom. The third-order valence-electron chi connectivity index (χ3n) is 3.02. The zero-order valence-corrected chi connectivity index (χ0v) is 12.3. The van der Waals surface area contributed by atoms with Gasteiger partial charge in [0.05, 0.1) is 24.4 Å². The molecule has 1 atom stereocenters. The van der Waals surface area contributed by atoms with E-state index in [4.69, 9.17) is 9.47 Å². The molecule has 0 amide bonds. The molecule has 2 heterocycles. The Hall–Kier alpha value is -0.880. The van der Waals surface area contributed by atoms with E-state index in [0.717, 1.165) is 30.7 Å². The Morgan fingerprint density at radius 2 is 2.44 bits per heavy atom. The summed E-state index contributed by atoms with van der Waals surface area (Å²) in [6.45, 7) is 2.63. The molecule has 0 N–H and O–H groups in total. The van der Waals surface area contributed by atoms with Gasteiger partial charge in [0.2, 0.25) is 11.8 Å². The van der Waals surface area contributed by atoms with Crippen molar-refractivity contribution in [1.82, 2.24) is 9.97 Å². The lowest BCUT2D eigenvalue weighted by molar-refractivity contribution is 0.0575. The molecule has 1 aliphatic heterocycles. The molecule has 1 aromatic rings. The van der Waals surface area contributed by atoms with Gasteiger partial charge in [0.15, 0.2) is 0 Å². The molecule has 18 heavy (non-hydrogen) atoms. The quantitative estimate of drug-likeness (QED) is 0.851. The van der Waals surface area contributed by atoms with Crippen LogP contribution in [0.4, 0.5) is 5.95 Å². The zero-order chi connectivity index (χ0) is 13.0. The van der Waals surface area contributed by atoms with Gasteiger partial charge >= 0.3 is 0 Å². The Morgan fingerprint density at radius 3 is 3.11 bits per heavy atom. The number of rotatable bonds is 4. The predicted octanol–water partition coefficient (Wildman–Crippen LogP) is 2.11. The molecular formula is C12H18BrN3O2. The van der Waals surface area contributed by atoms with Gasteiger partial charge < -0.3 is 14.4 Å². The number of nitrogens with zero attached hydrogens (tertiary/aromatic N) is 3. The molecule has 1 unspecified atom stereocenters. The third-order valence-corrected chi connectivity index (χ3v) is 3.56. The van der Waals surface area contributed by atoms with Gasteiger partial charge in [-0.2, -0.15) is 4.98 Å². The number of ether oxygens (including phenoxy) is 2. The van der Waals surface area contributed by atoms with Gasteiger partial charge in [-0.1, -0.05) is 0 Å². The zero-order valence-electron chi connectivity index (χ0n) is 10.7. The van der Waals surface area contributed by atoms with Gasteiger partial charge in [-0.15, -0.1) is 0 Å². The van der Waals surface area contributed by atoms with E-state index in [1.54, 1.807) is 13.3 Å². The van der Waals surface area contributed by atoms with E-state index in [-0.39, 0.29) is 0 Å². The Kier molecular flexibility index (Phi) is 4.77. The number of hydrogen-bond acceptors (Lipinski definition) is 5. The molecule has 5 nitrogen and oxygen atoms in total. The van der Waals surface area contributed by atoms with E-state index in [2.05, 4.69) is 25.9 Å². The number of aromatic nitrogens is 2. The topological polar surface area (TPSA) is 47.5 Å². The minimum absolute atomic E-state index is 0.557. The summed E-state index contributed by atoms with van der Waals surface area (Å²) < 4.78 is 11.4. The van der Waals surface area contributed by atoms with Crippen molar-refractivity contribution in [2.45, 2.75) is 12.8 Å². The van der Waals surface area contributed by atoms with Crippen molar-refractivity contribution in [3.05, 3.63) is 10.7 Å². The van der Waals surface area contributed by atoms with Crippen molar-refractivity contribution in [1.29, 1.82) is 0 Å². The lowest BCUT2D eigenvalue weighted by atomic mass is 10.0. The smallest absolute Gasteiger partial charge is 0.232 e. The summed E-state index contributed by atoms with van der Waals surface area (Å²) in [6.07, 6.45) is 4.07.